The molecule has 138 valence electrons. The lowest BCUT2D eigenvalue weighted by Crippen LogP contribution is -2.35. The van der Waals surface area contributed by atoms with Crippen molar-refractivity contribution in [3.8, 4) is 0 Å². The molecule has 27 heavy (non-hydrogen) atoms. The van der Waals surface area contributed by atoms with Crippen LogP contribution in [-0.2, 0) is 9.59 Å². The number of halogens is 2. The van der Waals surface area contributed by atoms with Gasteiger partial charge >= 0.3 is 0 Å². The number of anilines is 1. The van der Waals surface area contributed by atoms with Crippen molar-refractivity contribution in [2.75, 3.05) is 18.0 Å². The van der Waals surface area contributed by atoms with E-state index in [9.17, 15) is 9.59 Å². The zero-order chi connectivity index (χ0) is 19.1. The molecule has 0 atom stereocenters. The van der Waals surface area contributed by atoms with Gasteiger partial charge in [-0.25, -0.2) is 4.90 Å². The predicted molar refractivity (Wildman–Crippen MR) is 108 cm³/mol. The number of likely N-dealkylation sites (tertiary alicyclic amines) is 1. The quantitative estimate of drug-likeness (QED) is 0.702. The van der Waals surface area contributed by atoms with Crippen molar-refractivity contribution in [3.05, 3.63) is 69.3 Å². The second-order valence-electron chi connectivity index (χ2n) is 6.80. The Hall–Kier alpha value is -2.30. The summed E-state index contributed by atoms with van der Waals surface area (Å²) in [6.07, 6.45) is 2.02. The Balaban J connectivity index is 1.86. The third-order valence-corrected chi connectivity index (χ3v) is 5.51. The van der Waals surface area contributed by atoms with Gasteiger partial charge in [0, 0.05) is 23.1 Å². The molecule has 0 aromatic heterocycles. The number of benzene rings is 2. The Bertz CT molecular complexity index is 961. The summed E-state index contributed by atoms with van der Waals surface area (Å²) in [6.45, 7) is 3.41. The molecule has 0 N–H and O–H groups in total. The molecule has 6 heteroatoms. The molecule has 2 aromatic rings. The van der Waals surface area contributed by atoms with Crippen LogP contribution in [0.15, 0.2) is 48.2 Å². The molecule has 0 unspecified atom stereocenters. The molecule has 0 bridgehead atoms. The fourth-order valence-electron chi connectivity index (χ4n) is 3.67. The Morgan fingerprint density at radius 3 is 2.15 bits per heavy atom. The standard InChI is InChI=1S/C21H18Cl2N2O2/c1-13-4-7-16(23)12-17(13)25-20(26)18(14-5-8-15(22)9-6-14)19(21(25)27)24-10-2-3-11-24/h4-9,12H,2-3,10-11H2,1H3. The van der Waals surface area contributed by atoms with Gasteiger partial charge in [-0.3, -0.25) is 9.59 Å². The maximum absolute atomic E-state index is 13.4. The molecule has 0 saturated carbocycles. The normalized spacial score (nSPS) is 17.4. The van der Waals surface area contributed by atoms with Crippen LogP contribution < -0.4 is 4.90 Å². The molecule has 0 radical (unpaired) electrons. The second-order valence-corrected chi connectivity index (χ2v) is 7.67. The minimum atomic E-state index is -0.324. The van der Waals surface area contributed by atoms with Gasteiger partial charge in [-0.1, -0.05) is 41.4 Å². The number of rotatable bonds is 3. The molecule has 1 saturated heterocycles. The lowest BCUT2D eigenvalue weighted by Gasteiger charge is -2.21. The van der Waals surface area contributed by atoms with Gasteiger partial charge in [0.05, 0.1) is 11.3 Å². The minimum absolute atomic E-state index is 0.294. The average molecular weight is 401 g/mol. The van der Waals surface area contributed by atoms with Crippen molar-refractivity contribution in [1.29, 1.82) is 0 Å². The zero-order valence-electron chi connectivity index (χ0n) is 14.8. The van der Waals surface area contributed by atoms with E-state index >= 15 is 0 Å². The van der Waals surface area contributed by atoms with Gasteiger partial charge in [0.1, 0.15) is 5.70 Å². The van der Waals surface area contributed by atoms with E-state index < -0.39 is 0 Å². The summed E-state index contributed by atoms with van der Waals surface area (Å²) in [6, 6.07) is 12.3. The Morgan fingerprint density at radius 2 is 1.48 bits per heavy atom. The molecule has 0 spiro atoms. The van der Waals surface area contributed by atoms with Gasteiger partial charge in [0.15, 0.2) is 0 Å². The fourth-order valence-corrected chi connectivity index (χ4v) is 3.96. The van der Waals surface area contributed by atoms with Crippen molar-refractivity contribution in [3.63, 3.8) is 0 Å². The summed E-state index contributed by atoms with van der Waals surface area (Å²) in [5.41, 5.74) is 2.94. The monoisotopic (exact) mass is 400 g/mol. The first-order valence-electron chi connectivity index (χ1n) is 8.87. The Labute approximate surface area is 168 Å². The van der Waals surface area contributed by atoms with Crippen LogP contribution in [0, 0.1) is 6.92 Å². The predicted octanol–water partition coefficient (Wildman–Crippen LogP) is 4.68. The smallest absolute Gasteiger partial charge is 0.282 e. The van der Waals surface area contributed by atoms with E-state index in [0.717, 1.165) is 31.5 Å². The average Bonchev–Trinajstić information content (AvgIpc) is 3.25. The maximum atomic E-state index is 13.4. The van der Waals surface area contributed by atoms with Crippen molar-refractivity contribution < 1.29 is 9.59 Å². The van der Waals surface area contributed by atoms with E-state index in [1.807, 2.05) is 17.9 Å². The van der Waals surface area contributed by atoms with Gasteiger partial charge in [-0.05, 0) is 55.2 Å². The number of imide groups is 1. The summed E-state index contributed by atoms with van der Waals surface area (Å²) in [5.74, 6) is -0.619. The lowest BCUT2D eigenvalue weighted by atomic mass is 10.0. The summed E-state index contributed by atoms with van der Waals surface area (Å²) in [4.78, 5) is 30.0. The van der Waals surface area contributed by atoms with Gasteiger partial charge in [0.25, 0.3) is 11.8 Å². The maximum Gasteiger partial charge on any atom is 0.282 e. The first-order chi connectivity index (χ1) is 13.0. The van der Waals surface area contributed by atoms with Gasteiger partial charge < -0.3 is 4.90 Å². The first kappa shape index (κ1) is 18.1. The van der Waals surface area contributed by atoms with Crippen LogP contribution in [0.5, 0.6) is 0 Å². The molecular weight excluding hydrogens is 383 g/mol. The molecule has 0 aliphatic carbocycles. The zero-order valence-corrected chi connectivity index (χ0v) is 16.3. The molecule has 1 fully saturated rings. The SMILES string of the molecule is Cc1ccc(Cl)cc1N1C(=O)C(c2ccc(Cl)cc2)=C(N2CCCC2)C1=O. The highest BCUT2D eigenvalue weighted by molar-refractivity contribution is 6.46. The summed E-state index contributed by atoms with van der Waals surface area (Å²) in [5, 5.41) is 1.07. The van der Waals surface area contributed by atoms with Crippen molar-refractivity contribution in [2.24, 2.45) is 0 Å². The Morgan fingerprint density at radius 1 is 0.852 bits per heavy atom. The van der Waals surface area contributed by atoms with E-state index in [1.54, 1.807) is 36.4 Å². The topological polar surface area (TPSA) is 40.6 Å². The van der Waals surface area contributed by atoms with Crippen molar-refractivity contribution >= 4 is 46.3 Å². The van der Waals surface area contributed by atoms with Crippen LogP contribution in [0.3, 0.4) is 0 Å². The van der Waals surface area contributed by atoms with E-state index in [-0.39, 0.29) is 11.8 Å². The highest BCUT2D eigenvalue weighted by Crippen LogP contribution is 2.38. The molecule has 4 rings (SSSR count). The van der Waals surface area contributed by atoms with E-state index in [1.165, 1.54) is 4.90 Å². The number of nitrogens with zero attached hydrogens (tertiary/aromatic N) is 2. The third kappa shape index (κ3) is 3.13. The van der Waals surface area contributed by atoms with E-state index in [4.69, 9.17) is 23.2 Å². The number of carbonyl (C=O) groups excluding carboxylic acids is 2. The van der Waals surface area contributed by atoms with E-state index in [0.29, 0.717) is 32.6 Å². The first-order valence-corrected chi connectivity index (χ1v) is 9.63. The number of hydrogen-bond acceptors (Lipinski definition) is 3. The van der Waals surface area contributed by atoms with Gasteiger partial charge in [-0.15, -0.1) is 0 Å². The number of carbonyl (C=O) groups is 2. The summed E-state index contributed by atoms with van der Waals surface area (Å²) >= 11 is 12.1. The van der Waals surface area contributed by atoms with Gasteiger partial charge in [0.2, 0.25) is 0 Å². The highest BCUT2D eigenvalue weighted by Gasteiger charge is 2.43. The van der Waals surface area contributed by atoms with Crippen LogP contribution in [-0.4, -0.2) is 29.8 Å². The second kappa shape index (κ2) is 7.02. The lowest BCUT2D eigenvalue weighted by molar-refractivity contribution is -0.120. The van der Waals surface area contributed by atoms with Crippen LogP contribution >= 0.6 is 23.2 Å². The number of hydrogen-bond donors (Lipinski definition) is 0. The van der Waals surface area contributed by atoms with Crippen LogP contribution in [0.2, 0.25) is 10.0 Å². The third-order valence-electron chi connectivity index (χ3n) is 5.03. The van der Waals surface area contributed by atoms with Crippen LogP contribution in [0.25, 0.3) is 5.57 Å². The molecule has 2 amide bonds. The Kier molecular flexibility index (Phi) is 4.70. The molecule has 2 aliphatic heterocycles. The highest BCUT2D eigenvalue weighted by atomic mass is 35.5. The molecule has 2 aliphatic rings. The van der Waals surface area contributed by atoms with Crippen LogP contribution in [0.1, 0.15) is 24.0 Å². The van der Waals surface area contributed by atoms with Crippen molar-refractivity contribution in [2.45, 2.75) is 19.8 Å². The molecular formula is C21H18Cl2N2O2. The van der Waals surface area contributed by atoms with Crippen LogP contribution in [0.4, 0.5) is 5.69 Å². The van der Waals surface area contributed by atoms with Gasteiger partial charge in [-0.2, -0.15) is 0 Å². The minimum Gasteiger partial charge on any atom is -0.366 e. The molecule has 2 heterocycles. The summed E-state index contributed by atoms with van der Waals surface area (Å²) in [7, 11) is 0. The largest absolute Gasteiger partial charge is 0.366 e. The fraction of sp³-hybridized carbons (Fsp3) is 0.238. The number of amides is 2. The summed E-state index contributed by atoms with van der Waals surface area (Å²) < 4.78 is 0. The molecule has 2 aromatic carbocycles. The molecule has 4 nitrogen and oxygen atoms in total. The van der Waals surface area contributed by atoms with E-state index in [2.05, 4.69) is 0 Å². The number of aryl methyl sites for hydroxylation is 1. The van der Waals surface area contributed by atoms with Crippen molar-refractivity contribution in [1.82, 2.24) is 4.90 Å².